The maximum atomic E-state index is 13.3. The lowest BCUT2D eigenvalue weighted by Crippen LogP contribution is -2.27. The van der Waals surface area contributed by atoms with Gasteiger partial charge in [0.2, 0.25) is 0 Å². The van der Waals surface area contributed by atoms with Crippen LogP contribution in [0.1, 0.15) is 5.56 Å². The lowest BCUT2D eigenvalue weighted by molar-refractivity contribution is 0.190. The number of nitrogens with zero attached hydrogens (tertiary/aromatic N) is 4. The summed E-state index contributed by atoms with van der Waals surface area (Å²) in [4.78, 5) is 11.0. The van der Waals surface area contributed by atoms with Crippen LogP contribution >= 0.6 is 0 Å². The predicted octanol–water partition coefficient (Wildman–Crippen LogP) is 3.37. The van der Waals surface area contributed by atoms with Crippen LogP contribution in [0.3, 0.4) is 0 Å². The van der Waals surface area contributed by atoms with Crippen molar-refractivity contribution in [1.29, 1.82) is 5.26 Å². The molecule has 4 rings (SSSR count). The first-order chi connectivity index (χ1) is 19.8. The molecule has 0 bridgehead atoms. The van der Waals surface area contributed by atoms with E-state index in [0.717, 1.165) is 0 Å². The van der Waals surface area contributed by atoms with E-state index < -0.39 is 10.0 Å². The lowest BCUT2D eigenvalue weighted by atomic mass is 10.2. The molecule has 0 saturated carbocycles. The van der Waals surface area contributed by atoms with Crippen LogP contribution < -0.4 is 24.2 Å². The molecule has 1 aromatic heterocycles. The Morgan fingerprint density at radius 2 is 1.66 bits per heavy atom. The van der Waals surface area contributed by atoms with Gasteiger partial charge in [-0.15, -0.1) is 0 Å². The molecule has 0 aliphatic carbocycles. The normalized spacial score (nSPS) is 11.2. The van der Waals surface area contributed by atoms with Crippen molar-refractivity contribution in [2.45, 2.75) is 4.90 Å². The van der Waals surface area contributed by atoms with E-state index in [-0.39, 0.29) is 29.7 Å². The molecule has 1 heterocycles. The van der Waals surface area contributed by atoms with E-state index in [0.29, 0.717) is 52.6 Å². The smallest absolute Gasteiger partial charge is 0.263 e. The summed E-state index contributed by atoms with van der Waals surface area (Å²) in [7, 11) is 0.773. The highest BCUT2D eigenvalue weighted by Gasteiger charge is 2.22. The third-order valence-electron chi connectivity index (χ3n) is 6.03. The second kappa shape index (κ2) is 13.1. The van der Waals surface area contributed by atoms with E-state index in [9.17, 15) is 13.5 Å². The first kappa shape index (κ1) is 29.3. The topological polar surface area (TPSA) is 159 Å². The Kier molecular flexibility index (Phi) is 9.41. The van der Waals surface area contributed by atoms with E-state index in [2.05, 4.69) is 20.0 Å². The molecule has 3 aromatic carbocycles. The molecule has 0 amide bonds. The first-order valence-corrected chi connectivity index (χ1v) is 14.0. The number of likely N-dealkylation sites (N-methyl/N-ethyl adjacent to an activating group) is 1. The molecule has 0 unspecified atom stereocenters. The number of anilines is 3. The van der Waals surface area contributed by atoms with Gasteiger partial charge in [0.05, 0.1) is 54.1 Å². The first-order valence-electron chi connectivity index (χ1n) is 12.5. The molecule has 0 saturated heterocycles. The summed E-state index contributed by atoms with van der Waals surface area (Å²) in [6.45, 7) is 1.32. The highest BCUT2D eigenvalue weighted by Crippen LogP contribution is 2.41. The Hall–Kier alpha value is -4.64. The Balaban J connectivity index is 1.75. The fourth-order valence-electron chi connectivity index (χ4n) is 3.85. The molecule has 0 radical (unpaired) electrons. The van der Waals surface area contributed by atoms with E-state index in [1.807, 2.05) is 18.0 Å². The molecule has 13 heteroatoms. The average molecular weight is 579 g/mol. The molecule has 12 nitrogen and oxygen atoms in total. The number of para-hydroxylation sites is 2. The largest absolute Gasteiger partial charge is 0.497 e. The minimum Gasteiger partial charge on any atom is -0.497 e. The Bertz CT molecular complexity index is 1660. The van der Waals surface area contributed by atoms with Crippen LogP contribution in [0.4, 0.5) is 17.3 Å². The fourth-order valence-corrected chi connectivity index (χ4v) is 4.86. The lowest BCUT2D eigenvalue weighted by Gasteiger charge is -2.20. The molecule has 0 spiro atoms. The zero-order valence-corrected chi connectivity index (χ0v) is 23.6. The van der Waals surface area contributed by atoms with E-state index in [1.165, 1.54) is 38.5 Å². The summed E-state index contributed by atoms with van der Waals surface area (Å²) in [6, 6.07) is 17.9. The highest BCUT2D eigenvalue weighted by atomic mass is 32.2. The number of ether oxygens (including phenoxy) is 3. The SMILES string of the molecule is COc1cc(Nc2nc3ccccc3nc2NS(=O)(=O)c2ccc(C#N)cc2)c(OCCN(C)CCO)c(OC)c1. The van der Waals surface area contributed by atoms with Crippen molar-refractivity contribution in [2.75, 3.05) is 57.6 Å². The second-order valence-electron chi connectivity index (χ2n) is 8.86. The van der Waals surface area contributed by atoms with Crippen LogP contribution in [0.5, 0.6) is 17.2 Å². The number of fused-ring (bicyclic) bond motifs is 1. The summed E-state index contributed by atoms with van der Waals surface area (Å²) in [5.74, 6) is 1.25. The average Bonchev–Trinajstić information content (AvgIpc) is 2.97. The molecule has 3 N–H and O–H groups in total. The third-order valence-corrected chi connectivity index (χ3v) is 7.39. The van der Waals surface area contributed by atoms with Crippen LogP contribution in [-0.4, -0.2) is 76.0 Å². The number of hydrogen-bond acceptors (Lipinski definition) is 11. The third kappa shape index (κ3) is 7.12. The van der Waals surface area contributed by atoms with Crippen LogP contribution in [-0.2, 0) is 10.0 Å². The summed E-state index contributed by atoms with van der Waals surface area (Å²) in [5, 5.41) is 21.4. The van der Waals surface area contributed by atoms with E-state index in [4.69, 9.17) is 19.5 Å². The van der Waals surface area contributed by atoms with Crippen LogP contribution in [0.25, 0.3) is 11.0 Å². The Labute approximate surface area is 238 Å². The highest BCUT2D eigenvalue weighted by molar-refractivity contribution is 7.92. The number of rotatable bonds is 13. The van der Waals surface area contributed by atoms with Crippen molar-refractivity contribution in [3.8, 4) is 23.3 Å². The van der Waals surface area contributed by atoms with Crippen LogP contribution in [0.2, 0.25) is 0 Å². The van der Waals surface area contributed by atoms with E-state index in [1.54, 1.807) is 36.4 Å². The molecular weight excluding hydrogens is 548 g/mol. The second-order valence-corrected chi connectivity index (χ2v) is 10.5. The number of aliphatic hydroxyl groups excluding tert-OH is 1. The zero-order valence-electron chi connectivity index (χ0n) is 22.8. The van der Waals surface area contributed by atoms with Crippen LogP contribution in [0.15, 0.2) is 65.6 Å². The number of nitrogens with one attached hydrogen (secondary N) is 2. The minimum atomic E-state index is -4.10. The van der Waals surface area contributed by atoms with Gasteiger partial charge < -0.3 is 29.5 Å². The maximum Gasteiger partial charge on any atom is 0.263 e. The van der Waals surface area contributed by atoms with Gasteiger partial charge in [-0.25, -0.2) is 18.4 Å². The number of aliphatic hydroxyl groups is 1. The molecule has 4 aromatic rings. The van der Waals surface area contributed by atoms with Gasteiger partial charge in [0, 0.05) is 25.2 Å². The molecule has 41 heavy (non-hydrogen) atoms. The number of methoxy groups -OCH3 is 2. The molecule has 0 aliphatic rings. The number of nitriles is 1. The fraction of sp³-hybridized carbons (Fsp3) is 0.250. The van der Waals surface area contributed by atoms with Crippen molar-refractivity contribution in [2.24, 2.45) is 0 Å². The molecule has 0 atom stereocenters. The summed E-state index contributed by atoms with van der Waals surface area (Å²) >= 11 is 0. The van der Waals surface area contributed by atoms with Crippen LogP contribution in [0, 0.1) is 11.3 Å². The number of benzene rings is 3. The maximum absolute atomic E-state index is 13.3. The van der Waals surface area contributed by atoms with Gasteiger partial charge >= 0.3 is 0 Å². The van der Waals surface area contributed by atoms with Gasteiger partial charge in [0.1, 0.15) is 12.4 Å². The van der Waals surface area contributed by atoms with Crippen molar-refractivity contribution >= 4 is 38.4 Å². The Morgan fingerprint density at radius 1 is 0.976 bits per heavy atom. The Morgan fingerprint density at radius 3 is 2.27 bits per heavy atom. The van der Waals surface area contributed by atoms with Gasteiger partial charge in [-0.2, -0.15) is 5.26 Å². The molecule has 0 aliphatic heterocycles. The van der Waals surface area contributed by atoms with Crippen molar-refractivity contribution < 1.29 is 27.7 Å². The summed E-state index contributed by atoms with van der Waals surface area (Å²) in [6.07, 6.45) is 0. The summed E-state index contributed by atoms with van der Waals surface area (Å²) in [5.41, 5.74) is 1.73. The van der Waals surface area contributed by atoms with Gasteiger partial charge in [-0.05, 0) is 43.4 Å². The van der Waals surface area contributed by atoms with Crippen molar-refractivity contribution in [3.05, 3.63) is 66.2 Å². The monoisotopic (exact) mass is 578 g/mol. The summed E-state index contributed by atoms with van der Waals surface area (Å²) < 4.78 is 46.2. The van der Waals surface area contributed by atoms with Gasteiger partial charge in [0.25, 0.3) is 10.0 Å². The molecular formula is C28H30N6O6S. The number of sulfonamides is 1. The van der Waals surface area contributed by atoms with Crippen molar-refractivity contribution in [3.63, 3.8) is 0 Å². The van der Waals surface area contributed by atoms with Gasteiger partial charge in [0.15, 0.2) is 23.1 Å². The van der Waals surface area contributed by atoms with Crippen molar-refractivity contribution in [1.82, 2.24) is 14.9 Å². The number of aromatic nitrogens is 2. The minimum absolute atomic E-state index is 0.0248. The molecule has 214 valence electrons. The molecule has 0 fully saturated rings. The van der Waals surface area contributed by atoms with Gasteiger partial charge in [-0.3, -0.25) is 4.72 Å². The predicted molar refractivity (Wildman–Crippen MR) is 154 cm³/mol. The standard InChI is InChI=1S/C28H30N6O6S/c1-34(12-14-35)13-15-40-26-24(16-20(38-2)17-25(26)39-3)32-27-28(31-23-7-5-4-6-22(23)30-27)33-41(36,37)21-10-8-19(18-29)9-11-21/h4-11,16-17,35H,12-15H2,1-3H3,(H,30,32)(H,31,33). The quantitative estimate of drug-likeness (QED) is 0.213. The number of hydrogen-bond donors (Lipinski definition) is 3. The zero-order chi connectivity index (χ0) is 29.4. The van der Waals surface area contributed by atoms with E-state index >= 15 is 0 Å². The van der Waals surface area contributed by atoms with Gasteiger partial charge in [-0.1, -0.05) is 12.1 Å².